The molecule has 16 heavy (non-hydrogen) atoms. The second kappa shape index (κ2) is 8.78. The lowest BCUT2D eigenvalue weighted by Crippen LogP contribution is -2.26. The maximum absolute atomic E-state index is 11.7. The molecular formula is C10H20F3NO2. The third-order valence-electron chi connectivity index (χ3n) is 2.08. The Morgan fingerprint density at radius 3 is 2.38 bits per heavy atom. The number of aliphatic hydroxyl groups is 1. The van der Waals surface area contributed by atoms with Crippen molar-refractivity contribution in [2.45, 2.75) is 25.4 Å². The van der Waals surface area contributed by atoms with Gasteiger partial charge in [0.2, 0.25) is 0 Å². The Bertz CT molecular complexity index is 165. The Morgan fingerprint density at radius 2 is 1.81 bits per heavy atom. The Kier molecular flexibility index (Phi) is 8.60. The number of nitrogens with zero attached hydrogens (tertiary/aromatic N) is 1. The first-order chi connectivity index (χ1) is 7.45. The summed E-state index contributed by atoms with van der Waals surface area (Å²) in [6.07, 6.45) is -1.58. The molecule has 0 heterocycles. The average Bonchev–Trinajstić information content (AvgIpc) is 2.18. The predicted octanol–water partition coefficient (Wildman–Crippen LogP) is 1.66. The molecule has 0 aromatic rings. The predicted molar refractivity (Wildman–Crippen MR) is 55.3 cm³/mol. The first-order valence-electron chi connectivity index (χ1n) is 5.39. The summed E-state index contributed by atoms with van der Waals surface area (Å²) in [7, 11) is 1.84. The molecule has 0 radical (unpaired) electrons. The Morgan fingerprint density at radius 1 is 1.12 bits per heavy atom. The highest BCUT2D eigenvalue weighted by Gasteiger charge is 2.27. The zero-order chi connectivity index (χ0) is 12.4. The fraction of sp³-hybridized carbons (Fsp3) is 1.00. The lowest BCUT2D eigenvalue weighted by Gasteiger charge is -2.16. The fourth-order valence-corrected chi connectivity index (χ4v) is 1.19. The van der Waals surface area contributed by atoms with E-state index in [1.807, 2.05) is 11.9 Å². The molecule has 0 aliphatic carbocycles. The molecule has 0 aromatic heterocycles. The van der Waals surface area contributed by atoms with Crippen molar-refractivity contribution in [2.75, 3.05) is 40.0 Å². The van der Waals surface area contributed by atoms with Gasteiger partial charge in [-0.05, 0) is 32.9 Å². The van der Waals surface area contributed by atoms with Crippen LogP contribution in [0.5, 0.6) is 0 Å². The Hall–Kier alpha value is -0.330. The van der Waals surface area contributed by atoms with E-state index in [-0.39, 0.29) is 13.2 Å². The smallest absolute Gasteiger partial charge is 0.396 e. The van der Waals surface area contributed by atoms with Gasteiger partial charge in [-0.25, -0.2) is 0 Å². The van der Waals surface area contributed by atoms with Crippen LogP contribution >= 0.6 is 0 Å². The molecule has 3 nitrogen and oxygen atoms in total. The molecule has 0 unspecified atom stereocenters. The molecule has 0 aromatic carbocycles. The van der Waals surface area contributed by atoms with Crippen molar-refractivity contribution < 1.29 is 23.0 Å². The zero-order valence-electron chi connectivity index (χ0n) is 9.59. The highest BCUT2D eigenvalue weighted by Crippen LogP contribution is 2.14. The molecular weight excluding hydrogens is 223 g/mol. The van der Waals surface area contributed by atoms with Crippen LogP contribution < -0.4 is 0 Å². The SMILES string of the molecule is CN(CCCCCO)CCOCC(F)(F)F. The van der Waals surface area contributed by atoms with E-state index in [4.69, 9.17) is 5.11 Å². The summed E-state index contributed by atoms with van der Waals surface area (Å²) in [4.78, 5) is 1.92. The summed E-state index contributed by atoms with van der Waals surface area (Å²) < 4.78 is 39.6. The van der Waals surface area contributed by atoms with E-state index >= 15 is 0 Å². The highest BCUT2D eigenvalue weighted by molar-refractivity contribution is 4.52. The van der Waals surface area contributed by atoms with Gasteiger partial charge in [-0.3, -0.25) is 0 Å². The summed E-state index contributed by atoms with van der Waals surface area (Å²) in [5, 5.41) is 8.54. The molecule has 0 saturated carbocycles. The van der Waals surface area contributed by atoms with Crippen LogP contribution in [-0.2, 0) is 4.74 Å². The number of hydrogen-bond acceptors (Lipinski definition) is 3. The largest absolute Gasteiger partial charge is 0.411 e. The van der Waals surface area contributed by atoms with E-state index in [1.165, 1.54) is 0 Å². The fourth-order valence-electron chi connectivity index (χ4n) is 1.19. The number of alkyl halides is 3. The Balaban J connectivity index is 3.27. The molecule has 0 fully saturated rings. The van der Waals surface area contributed by atoms with Crippen molar-refractivity contribution in [3.05, 3.63) is 0 Å². The topological polar surface area (TPSA) is 32.7 Å². The first kappa shape index (κ1) is 15.7. The summed E-state index contributed by atoms with van der Waals surface area (Å²) >= 11 is 0. The number of rotatable bonds is 9. The van der Waals surface area contributed by atoms with Crippen molar-refractivity contribution in [2.24, 2.45) is 0 Å². The summed E-state index contributed by atoms with van der Waals surface area (Å²) in [5.74, 6) is 0. The van der Waals surface area contributed by atoms with E-state index in [0.29, 0.717) is 6.54 Å². The summed E-state index contributed by atoms with van der Waals surface area (Å²) in [6.45, 7) is 0.421. The third-order valence-corrected chi connectivity index (χ3v) is 2.08. The van der Waals surface area contributed by atoms with Gasteiger partial charge in [0.25, 0.3) is 0 Å². The highest BCUT2D eigenvalue weighted by atomic mass is 19.4. The molecule has 98 valence electrons. The molecule has 0 bridgehead atoms. The van der Waals surface area contributed by atoms with Crippen molar-refractivity contribution in [1.29, 1.82) is 0 Å². The number of halogens is 3. The average molecular weight is 243 g/mol. The van der Waals surface area contributed by atoms with Gasteiger partial charge in [0.15, 0.2) is 0 Å². The van der Waals surface area contributed by atoms with Crippen LogP contribution in [0.3, 0.4) is 0 Å². The lowest BCUT2D eigenvalue weighted by atomic mass is 10.2. The Labute approximate surface area is 94.2 Å². The van der Waals surface area contributed by atoms with Gasteiger partial charge < -0.3 is 14.7 Å². The van der Waals surface area contributed by atoms with E-state index in [9.17, 15) is 13.2 Å². The number of ether oxygens (including phenoxy) is 1. The van der Waals surface area contributed by atoms with Crippen molar-refractivity contribution in [1.82, 2.24) is 4.90 Å². The number of unbranched alkanes of at least 4 members (excludes halogenated alkanes) is 2. The van der Waals surface area contributed by atoms with Crippen LogP contribution in [0.1, 0.15) is 19.3 Å². The van der Waals surface area contributed by atoms with Crippen molar-refractivity contribution in [3.8, 4) is 0 Å². The van der Waals surface area contributed by atoms with Crippen LogP contribution in [0, 0.1) is 0 Å². The molecule has 0 saturated heterocycles. The van der Waals surface area contributed by atoms with Crippen LogP contribution in [0.2, 0.25) is 0 Å². The van der Waals surface area contributed by atoms with E-state index in [2.05, 4.69) is 4.74 Å². The minimum atomic E-state index is -4.24. The number of likely N-dealkylation sites (N-methyl/N-ethyl adjacent to an activating group) is 1. The molecule has 0 rings (SSSR count). The van der Waals surface area contributed by atoms with Gasteiger partial charge in [0.1, 0.15) is 6.61 Å². The molecule has 0 atom stereocenters. The van der Waals surface area contributed by atoms with Crippen LogP contribution in [0.4, 0.5) is 13.2 Å². The van der Waals surface area contributed by atoms with E-state index in [0.717, 1.165) is 25.8 Å². The molecule has 0 spiro atoms. The van der Waals surface area contributed by atoms with Gasteiger partial charge >= 0.3 is 6.18 Å². The molecule has 6 heteroatoms. The van der Waals surface area contributed by atoms with Gasteiger partial charge in [0, 0.05) is 13.2 Å². The second-order valence-corrected chi connectivity index (χ2v) is 3.76. The normalized spacial score (nSPS) is 12.4. The van der Waals surface area contributed by atoms with E-state index < -0.39 is 12.8 Å². The summed E-state index contributed by atoms with van der Waals surface area (Å²) in [5.41, 5.74) is 0. The minimum absolute atomic E-state index is 0.0933. The van der Waals surface area contributed by atoms with Crippen LogP contribution in [0.25, 0.3) is 0 Å². The van der Waals surface area contributed by atoms with Gasteiger partial charge in [-0.1, -0.05) is 0 Å². The minimum Gasteiger partial charge on any atom is -0.396 e. The second-order valence-electron chi connectivity index (χ2n) is 3.76. The monoisotopic (exact) mass is 243 g/mol. The van der Waals surface area contributed by atoms with Gasteiger partial charge in [0.05, 0.1) is 6.61 Å². The van der Waals surface area contributed by atoms with Crippen molar-refractivity contribution in [3.63, 3.8) is 0 Å². The first-order valence-corrected chi connectivity index (χ1v) is 5.39. The summed E-state index contributed by atoms with van der Waals surface area (Å²) in [6, 6.07) is 0. The van der Waals surface area contributed by atoms with Crippen LogP contribution in [0.15, 0.2) is 0 Å². The maximum Gasteiger partial charge on any atom is 0.411 e. The third kappa shape index (κ3) is 11.7. The number of aliphatic hydroxyl groups excluding tert-OH is 1. The van der Waals surface area contributed by atoms with Crippen LogP contribution in [-0.4, -0.2) is 56.1 Å². The molecule has 1 N–H and O–H groups in total. The molecule has 0 amide bonds. The lowest BCUT2D eigenvalue weighted by molar-refractivity contribution is -0.174. The van der Waals surface area contributed by atoms with Crippen molar-refractivity contribution >= 4 is 0 Å². The number of hydrogen-bond donors (Lipinski definition) is 1. The van der Waals surface area contributed by atoms with Gasteiger partial charge in [-0.15, -0.1) is 0 Å². The quantitative estimate of drug-likeness (QED) is 0.625. The van der Waals surface area contributed by atoms with E-state index in [1.54, 1.807) is 0 Å². The molecule has 0 aliphatic heterocycles. The molecule has 0 aliphatic rings. The zero-order valence-corrected chi connectivity index (χ0v) is 9.59. The van der Waals surface area contributed by atoms with Gasteiger partial charge in [-0.2, -0.15) is 13.2 Å². The maximum atomic E-state index is 11.7. The standard InChI is InChI=1S/C10H20F3NO2/c1-14(5-3-2-4-7-15)6-8-16-9-10(11,12)13/h15H,2-9H2,1H3.